The molecule has 1 amide bonds. The number of methoxy groups -OCH3 is 1. The highest BCUT2D eigenvalue weighted by molar-refractivity contribution is 9.10. The Hall–Kier alpha value is -2.32. The molecule has 0 aliphatic rings. The number of para-hydroxylation sites is 2. The molecule has 1 aromatic heterocycles. The standard InChI is InChI=1S/C18H17BrN4O2S/c1-12-9-13(7-8-14(12)19)21-17(24)10-26-18-22-20-11-23(18)15-5-3-4-6-16(15)25-2/h3-9,11H,10H2,1-2H3,(H,21,24). The molecule has 8 heteroatoms. The molecular formula is C18H17BrN4O2S. The second-order valence-electron chi connectivity index (χ2n) is 5.46. The van der Waals surface area contributed by atoms with Crippen LogP contribution in [0.15, 0.2) is 58.4 Å². The first-order valence-corrected chi connectivity index (χ1v) is 9.58. The molecule has 6 nitrogen and oxygen atoms in total. The lowest BCUT2D eigenvalue weighted by molar-refractivity contribution is -0.113. The van der Waals surface area contributed by atoms with E-state index >= 15 is 0 Å². The predicted octanol–water partition coefficient (Wildman–Crippen LogP) is 4.08. The number of hydrogen-bond donors (Lipinski definition) is 1. The molecule has 1 heterocycles. The van der Waals surface area contributed by atoms with Crippen LogP contribution in [0.5, 0.6) is 5.75 Å². The van der Waals surface area contributed by atoms with E-state index in [1.165, 1.54) is 11.8 Å². The molecule has 0 saturated heterocycles. The second-order valence-corrected chi connectivity index (χ2v) is 7.25. The number of carbonyl (C=O) groups is 1. The van der Waals surface area contributed by atoms with E-state index in [1.807, 2.05) is 49.4 Å². The molecule has 1 N–H and O–H groups in total. The Labute approximate surface area is 164 Å². The first-order chi connectivity index (χ1) is 12.6. The lowest BCUT2D eigenvalue weighted by Crippen LogP contribution is -2.14. The maximum absolute atomic E-state index is 12.2. The number of amides is 1. The number of thioether (sulfide) groups is 1. The summed E-state index contributed by atoms with van der Waals surface area (Å²) in [5, 5.41) is 11.6. The number of nitrogens with one attached hydrogen (secondary N) is 1. The summed E-state index contributed by atoms with van der Waals surface area (Å²) in [6.07, 6.45) is 1.61. The van der Waals surface area contributed by atoms with Crippen LogP contribution in [0.2, 0.25) is 0 Å². The van der Waals surface area contributed by atoms with Crippen molar-refractivity contribution in [1.29, 1.82) is 0 Å². The summed E-state index contributed by atoms with van der Waals surface area (Å²) in [7, 11) is 1.61. The van der Waals surface area contributed by atoms with E-state index in [4.69, 9.17) is 4.74 Å². The van der Waals surface area contributed by atoms with Crippen LogP contribution in [0.25, 0.3) is 5.69 Å². The van der Waals surface area contributed by atoms with Crippen LogP contribution in [0, 0.1) is 6.92 Å². The minimum atomic E-state index is -0.105. The molecule has 0 saturated carbocycles. The third-order valence-electron chi connectivity index (χ3n) is 3.64. The molecule has 3 rings (SSSR count). The largest absolute Gasteiger partial charge is 0.495 e. The second kappa shape index (κ2) is 8.37. The smallest absolute Gasteiger partial charge is 0.234 e. The van der Waals surface area contributed by atoms with E-state index in [2.05, 4.69) is 31.4 Å². The molecule has 0 spiro atoms. The van der Waals surface area contributed by atoms with E-state index in [-0.39, 0.29) is 11.7 Å². The summed E-state index contributed by atoms with van der Waals surface area (Å²) in [5.41, 5.74) is 2.65. The molecule has 0 aliphatic heterocycles. The Balaban J connectivity index is 1.68. The number of nitrogens with zero attached hydrogens (tertiary/aromatic N) is 3. The predicted molar refractivity (Wildman–Crippen MR) is 106 cm³/mol. The van der Waals surface area contributed by atoms with Crippen LogP contribution in [-0.2, 0) is 4.79 Å². The highest BCUT2D eigenvalue weighted by Crippen LogP contribution is 2.27. The fourth-order valence-electron chi connectivity index (χ4n) is 2.37. The maximum Gasteiger partial charge on any atom is 0.234 e. The molecule has 0 atom stereocenters. The van der Waals surface area contributed by atoms with Crippen LogP contribution < -0.4 is 10.1 Å². The molecule has 26 heavy (non-hydrogen) atoms. The summed E-state index contributed by atoms with van der Waals surface area (Å²) >= 11 is 4.76. The number of aromatic nitrogens is 3. The van der Waals surface area contributed by atoms with Crippen molar-refractivity contribution >= 4 is 39.3 Å². The summed E-state index contributed by atoms with van der Waals surface area (Å²) in [4.78, 5) is 12.2. The van der Waals surface area contributed by atoms with Crippen molar-refractivity contribution < 1.29 is 9.53 Å². The summed E-state index contributed by atoms with van der Waals surface area (Å²) in [6.45, 7) is 1.98. The monoisotopic (exact) mass is 432 g/mol. The first kappa shape index (κ1) is 18.5. The fourth-order valence-corrected chi connectivity index (χ4v) is 3.33. The van der Waals surface area contributed by atoms with Gasteiger partial charge in [0.25, 0.3) is 0 Å². The maximum atomic E-state index is 12.2. The Bertz CT molecular complexity index is 929. The van der Waals surface area contributed by atoms with Gasteiger partial charge in [0.15, 0.2) is 5.16 Å². The van der Waals surface area contributed by atoms with E-state index in [0.29, 0.717) is 10.9 Å². The van der Waals surface area contributed by atoms with Gasteiger partial charge in [-0.2, -0.15) is 0 Å². The van der Waals surface area contributed by atoms with Crippen molar-refractivity contribution in [3.05, 3.63) is 58.8 Å². The van der Waals surface area contributed by atoms with Crippen molar-refractivity contribution in [2.24, 2.45) is 0 Å². The topological polar surface area (TPSA) is 69.0 Å². The fraction of sp³-hybridized carbons (Fsp3) is 0.167. The molecule has 134 valence electrons. The molecule has 0 fully saturated rings. The SMILES string of the molecule is COc1ccccc1-n1cnnc1SCC(=O)Nc1ccc(Br)c(C)c1. The van der Waals surface area contributed by atoms with Gasteiger partial charge >= 0.3 is 0 Å². The van der Waals surface area contributed by atoms with Crippen LogP contribution in [-0.4, -0.2) is 33.5 Å². The van der Waals surface area contributed by atoms with Crippen molar-refractivity contribution in [3.63, 3.8) is 0 Å². The van der Waals surface area contributed by atoms with E-state index in [1.54, 1.807) is 18.0 Å². The van der Waals surface area contributed by atoms with Crippen molar-refractivity contribution in [1.82, 2.24) is 14.8 Å². The Morgan fingerprint density at radius 2 is 2.12 bits per heavy atom. The molecule has 0 unspecified atom stereocenters. The molecule has 2 aromatic carbocycles. The Kier molecular flexibility index (Phi) is 5.95. The van der Waals surface area contributed by atoms with E-state index in [9.17, 15) is 4.79 Å². The average molecular weight is 433 g/mol. The third-order valence-corrected chi connectivity index (χ3v) is 5.47. The van der Waals surface area contributed by atoms with Crippen LogP contribution in [0.1, 0.15) is 5.56 Å². The number of anilines is 1. The van der Waals surface area contributed by atoms with Gasteiger partial charge in [-0.05, 0) is 42.8 Å². The molecule has 0 bridgehead atoms. The van der Waals surface area contributed by atoms with Gasteiger partial charge in [-0.3, -0.25) is 9.36 Å². The number of ether oxygens (including phenoxy) is 1. The number of benzene rings is 2. The minimum Gasteiger partial charge on any atom is -0.495 e. The quantitative estimate of drug-likeness (QED) is 0.594. The molecule has 0 aliphatic carbocycles. The van der Waals surface area contributed by atoms with Gasteiger partial charge < -0.3 is 10.1 Å². The number of hydrogen-bond acceptors (Lipinski definition) is 5. The third kappa shape index (κ3) is 4.25. The van der Waals surface area contributed by atoms with E-state index < -0.39 is 0 Å². The highest BCUT2D eigenvalue weighted by atomic mass is 79.9. The zero-order valence-corrected chi connectivity index (χ0v) is 16.7. The minimum absolute atomic E-state index is 0.105. The zero-order chi connectivity index (χ0) is 18.5. The van der Waals surface area contributed by atoms with Crippen LogP contribution in [0.4, 0.5) is 5.69 Å². The van der Waals surface area contributed by atoms with Crippen molar-refractivity contribution in [3.8, 4) is 11.4 Å². The van der Waals surface area contributed by atoms with Gasteiger partial charge in [0.05, 0.1) is 18.6 Å². The van der Waals surface area contributed by atoms with Crippen LogP contribution in [0.3, 0.4) is 0 Å². The molecule has 0 radical (unpaired) electrons. The van der Waals surface area contributed by atoms with E-state index in [0.717, 1.165) is 21.4 Å². The average Bonchev–Trinajstić information content (AvgIpc) is 3.11. The summed E-state index contributed by atoms with van der Waals surface area (Å²) in [5.74, 6) is 0.832. The summed E-state index contributed by atoms with van der Waals surface area (Å²) in [6, 6.07) is 13.3. The normalized spacial score (nSPS) is 10.6. The lowest BCUT2D eigenvalue weighted by Gasteiger charge is -2.11. The van der Waals surface area contributed by atoms with Gasteiger partial charge in [0.2, 0.25) is 5.91 Å². The number of rotatable bonds is 6. The Morgan fingerprint density at radius 1 is 1.31 bits per heavy atom. The lowest BCUT2D eigenvalue weighted by atomic mass is 10.2. The molecule has 3 aromatic rings. The van der Waals surface area contributed by atoms with Gasteiger partial charge in [-0.25, -0.2) is 0 Å². The van der Waals surface area contributed by atoms with Crippen LogP contribution >= 0.6 is 27.7 Å². The van der Waals surface area contributed by atoms with Gasteiger partial charge in [0, 0.05) is 10.2 Å². The first-order valence-electron chi connectivity index (χ1n) is 7.80. The van der Waals surface area contributed by atoms with Gasteiger partial charge in [-0.1, -0.05) is 39.8 Å². The zero-order valence-electron chi connectivity index (χ0n) is 14.3. The summed E-state index contributed by atoms with van der Waals surface area (Å²) < 4.78 is 8.20. The highest BCUT2D eigenvalue weighted by Gasteiger charge is 2.13. The van der Waals surface area contributed by atoms with Gasteiger partial charge in [0.1, 0.15) is 12.1 Å². The Morgan fingerprint density at radius 3 is 2.88 bits per heavy atom. The van der Waals surface area contributed by atoms with Crippen molar-refractivity contribution in [2.75, 3.05) is 18.2 Å². The van der Waals surface area contributed by atoms with Gasteiger partial charge in [-0.15, -0.1) is 10.2 Å². The number of aryl methyl sites for hydroxylation is 1. The number of carbonyl (C=O) groups excluding carboxylic acids is 1. The van der Waals surface area contributed by atoms with Crippen molar-refractivity contribution in [2.45, 2.75) is 12.1 Å². The molecular weight excluding hydrogens is 416 g/mol. The number of halogens is 1.